The van der Waals surface area contributed by atoms with Gasteiger partial charge in [-0.3, -0.25) is 9.36 Å². The number of fused-ring (bicyclic) bond motifs is 1. The van der Waals surface area contributed by atoms with E-state index in [-0.39, 0.29) is 24.5 Å². The predicted molar refractivity (Wildman–Crippen MR) is 146 cm³/mol. The minimum absolute atomic E-state index is 0.199. The van der Waals surface area contributed by atoms with Gasteiger partial charge in [-0.15, -0.1) is 13.2 Å². The van der Waals surface area contributed by atoms with Crippen molar-refractivity contribution >= 4 is 30.4 Å². The summed E-state index contributed by atoms with van der Waals surface area (Å²) in [7, 11) is -3.70. The molecule has 4 N–H and O–H groups in total. The molecule has 3 atom stereocenters. The largest absolute Gasteiger partial charge is 0.573 e. The van der Waals surface area contributed by atoms with E-state index in [2.05, 4.69) is 29.9 Å². The Balaban J connectivity index is 1.76. The average molecular weight is 602 g/mol. The van der Waals surface area contributed by atoms with Gasteiger partial charge in [0.05, 0.1) is 25.6 Å². The zero-order valence-electron chi connectivity index (χ0n) is 23.4. The Labute approximate surface area is 235 Å². The van der Waals surface area contributed by atoms with Crippen molar-refractivity contribution in [3.63, 3.8) is 0 Å². The fraction of sp³-hybridized carbons (Fsp3) is 0.520. The van der Waals surface area contributed by atoms with E-state index in [0.717, 1.165) is 12.1 Å². The van der Waals surface area contributed by atoms with Crippen molar-refractivity contribution in [1.29, 1.82) is 0 Å². The lowest BCUT2D eigenvalue weighted by Gasteiger charge is -2.33. The summed E-state index contributed by atoms with van der Waals surface area (Å²) in [6.07, 6.45) is -2.14. The van der Waals surface area contributed by atoms with Gasteiger partial charge in [-0.1, -0.05) is 19.1 Å². The van der Waals surface area contributed by atoms with Gasteiger partial charge >= 0.3 is 12.3 Å². The van der Waals surface area contributed by atoms with Gasteiger partial charge in [-0.25, -0.2) is 25.1 Å². The second kappa shape index (κ2) is 13.1. The smallest absolute Gasteiger partial charge is 0.464 e. The maximum atomic E-state index is 14.2. The summed E-state index contributed by atoms with van der Waals surface area (Å²) >= 11 is 0. The second-order valence-electron chi connectivity index (χ2n) is 10.0. The molecular formula is C25H35F3N7O5P. The van der Waals surface area contributed by atoms with Gasteiger partial charge in [-0.2, -0.15) is 0 Å². The fourth-order valence-electron chi connectivity index (χ4n) is 3.91. The minimum Gasteiger partial charge on any atom is -0.464 e. The molecule has 3 rings (SSSR count). The quantitative estimate of drug-likeness (QED) is 0.176. The molecule has 0 bridgehead atoms. The number of ether oxygens (including phenoxy) is 3. The molecule has 3 aromatic rings. The molecule has 1 aromatic carbocycles. The maximum Gasteiger partial charge on any atom is 0.573 e. The van der Waals surface area contributed by atoms with Crippen molar-refractivity contribution in [1.82, 2.24) is 29.7 Å². The minimum atomic E-state index is -4.82. The fourth-order valence-corrected chi connectivity index (χ4v) is 6.35. The molecule has 0 spiro atoms. The van der Waals surface area contributed by atoms with E-state index in [1.807, 2.05) is 6.92 Å². The van der Waals surface area contributed by atoms with E-state index in [9.17, 15) is 22.5 Å². The van der Waals surface area contributed by atoms with Crippen molar-refractivity contribution in [2.45, 2.75) is 71.6 Å². The van der Waals surface area contributed by atoms with Gasteiger partial charge in [0.2, 0.25) is 7.44 Å². The van der Waals surface area contributed by atoms with Crippen LogP contribution in [0, 0.1) is 0 Å². The van der Waals surface area contributed by atoms with Crippen LogP contribution in [-0.4, -0.2) is 56.4 Å². The summed E-state index contributed by atoms with van der Waals surface area (Å²) in [5.74, 6) is -0.743. The number of nitrogens with zero attached hydrogens (tertiary/aromatic N) is 4. The first-order valence-corrected chi connectivity index (χ1v) is 14.7. The number of carbonyl (C=O) groups excluding carboxylic acids is 1. The highest BCUT2D eigenvalue weighted by molar-refractivity contribution is 7.59. The van der Waals surface area contributed by atoms with Crippen LogP contribution in [0.5, 0.6) is 5.75 Å². The monoisotopic (exact) mass is 601 g/mol. The number of halogens is 3. The predicted octanol–water partition coefficient (Wildman–Crippen LogP) is 4.54. The molecule has 0 saturated heterocycles. The number of aromatic nitrogens is 4. The van der Waals surface area contributed by atoms with E-state index < -0.39 is 37.5 Å². The van der Waals surface area contributed by atoms with Crippen molar-refractivity contribution < 1.29 is 36.7 Å². The average Bonchev–Trinajstić information content (AvgIpc) is 3.29. The third kappa shape index (κ3) is 9.12. The van der Waals surface area contributed by atoms with Crippen LogP contribution >= 0.6 is 7.44 Å². The Bertz CT molecular complexity index is 1370. The number of imidazole rings is 1. The number of hydrogen-bond acceptors (Lipinski definition) is 9. The molecule has 0 aliphatic heterocycles. The lowest BCUT2D eigenvalue weighted by atomic mass is 10.1. The Morgan fingerprint density at radius 1 is 1.15 bits per heavy atom. The zero-order chi connectivity index (χ0) is 30.4. The molecule has 0 amide bonds. The molecule has 2 aromatic heterocycles. The number of alkyl halides is 3. The van der Waals surface area contributed by atoms with E-state index >= 15 is 0 Å². The Morgan fingerprint density at radius 3 is 2.46 bits per heavy atom. The second-order valence-corrected chi connectivity index (χ2v) is 12.2. The zero-order valence-corrected chi connectivity index (χ0v) is 24.3. The molecule has 12 nitrogen and oxygen atoms in total. The first-order chi connectivity index (χ1) is 19.1. The molecule has 0 saturated carbocycles. The number of nitrogen functional groups attached to an aromatic ring is 1. The molecule has 2 heterocycles. The summed E-state index contributed by atoms with van der Waals surface area (Å²) in [6.45, 7) is 8.88. The molecule has 226 valence electrons. The molecule has 41 heavy (non-hydrogen) atoms. The number of anilines is 1. The SMILES string of the molecule is CCCOC(=O)C(C)(C)NP(=O)(COC(C)Cn1cnc2c(N)ncnc21)N[C@@H](C)c1ccc(OC(F)(F)F)cc1. The highest BCUT2D eigenvalue weighted by atomic mass is 31.2. The van der Waals surface area contributed by atoms with Crippen molar-refractivity contribution in [3.8, 4) is 5.75 Å². The first-order valence-electron chi connectivity index (χ1n) is 12.8. The number of esters is 1. The van der Waals surface area contributed by atoms with Gasteiger partial charge in [0.25, 0.3) is 0 Å². The summed E-state index contributed by atoms with van der Waals surface area (Å²) in [4.78, 5) is 25.1. The van der Waals surface area contributed by atoms with Gasteiger partial charge in [-0.05, 0) is 51.8 Å². The normalized spacial score (nSPS) is 15.3. The third-order valence-corrected chi connectivity index (χ3v) is 8.09. The van der Waals surface area contributed by atoms with Gasteiger partial charge < -0.3 is 24.5 Å². The third-order valence-electron chi connectivity index (χ3n) is 5.85. The molecule has 0 radical (unpaired) electrons. The summed E-state index contributed by atoms with van der Waals surface area (Å²) in [5.41, 5.74) is 5.98. The number of rotatable bonds is 14. The van der Waals surface area contributed by atoms with Crippen LogP contribution in [0.3, 0.4) is 0 Å². The van der Waals surface area contributed by atoms with Crippen LogP contribution in [0.1, 0.15) is 52.6 Å². The topological polar surface area (TPSA) is 156 Å². The Kier molecular flexibility index (Phi) is 10.3. The Morgan fingerprint density at radius 2 is 1.83 bits per heavy atom. The van der Waals surface area contributed by atoms with E-state index in [0.29, 0.717) is 29.7 Å². The van der Waals surface area contributed by atoms with Crippen molar-refractivity contribution in [2.24, 2.45) is 0 Å². The molecule has 16 heteroatoms. The van der Waals surface area contributed by atoms with Crippen LogP contribution in [-0.2, 0) is 25.4 Å². The molecule has 0 fully saturated rings. The van der Waals surface area contributed by atoms with Gasteiger partial charge in [0, 0.05) is 6.04 Å². The summed E-state index contributed by atoms with van der Waals surface area (Å²) in [5, 5.41) is 5.88. The van der Waals surface area contributed by atoms with E-state index in [1.165, 1.54) is 18.5 Å². The van der Waals surface area contributed by atoms with Crippen LogP contribution in [0.25, 0.3) is 11.2 Å². The number of benzene rings is 1. The van der Waals surface area contributed by atoms with E-state index in [1.54, 1.807) is 38.6 Å². The standard InChI is InChI=1S/C25H35F3N7O5P/c1-6-11-38-23(36)24(4,5)34-41(37,33-17(3)18-7-9-19(10-8-18)40-25(26,27)28)15-39-16(2)12-35-14-32-20-21(29)30-13-31-22(20)35/h7-10,13-14,16-17H,6,11-12,15H2,1-5H3,(H2,29,30,31)(H2,33,34,37)/t16?,17-,41?/m0/s1. The molecule has 0 aliphatic carbocycles. The number of carbonyl (C=O) groups is 1. The highest BCUT2D eigenvalue weighted by Crippen LogP contribution is 2.42. The number of nitrogens with two attached hydrogens (primary N) is 1. The van der Waals surface area contributed by atoms with Crippen LogP contribution in [0.4, 0.5) is 19.0 Å². The maximum absolute atomic E-state index is 14.2. The van der Waals surface area contributed by atoms with Gasteiger partial charge in [0.1, 0.15) is 29.5 Å². The molecular weight excluding hydrogens is 566 g/mol. The first kappa shape index (κ1) is 32.3. The summed E-state index contributed by atoms with van der Waals surface area (Å²) < 4.78 is 68.7. The lowest BCUT2D eigenvalue weighted by molar-refractivity contribution is -0.274. The van der Waals surface area contributed by atoms with Crippen LogP contribution < -0.4 is 20.6 Å². The van der Waals surface area contributed by atoms with Crippen LogP contribution in [0.2, 0.25) is 0 Å². The molecule has 0 aliphatic rings. The molecule has 2 unspecified atom stereocenters. The van der Waals surface area contributed by atoms with Gasteiger partial charge in [0.15, 0.2) is 11.5 Å². The number of hydrogen-bond donors (Lipinski definition) is 3. The summed E-state index contributed by atoms with van der Waals surface area (Å²) in [6, 6.07) is 4.55. The van der Waals surface area contributed by atoms with E-state index in [4.69, 9.17) is 15.2 Å². The van der Waals surface area contributed by atoms with Crippen LogP contribution in [0.15, 0.2) is 36.9 Å². The van der Waals surface area contributed by atoms with Crippen molar-refractivity contribution in [3.05, 3.63) is 42.5 Å². The van der Waals surface area contributed by atoms with Crippen molar-refractivity contribution in [2.75, 3.05) is 18.7 Å². The lowest BCUT2D eigenvalue weighted by Crippen LogP contribution is -2.49. The highest BCUT2D eigenvalue weighted by Gasteiger charge is 2.38. The number of nitrogens with one attached hydrogen (secondary N) is 2. The Hall–Kier alpha value is -3.26.